The summed E-state index contributed by atoms with van der Waals surface area (Å²) in [7, 11) is 0. The number of rotatable bonds is 9. The first kappa shape index (κ1) is 29.0. The lowest BCUT2D eigenvalue weighted by molar-refractivity contribution is -0.127. The number of carbonyl (C=O) groups is 3. The quantitative estimate of drug-likeness (QED) is 0.191. The molecule has 1 saturated heterocycles. The summed E-state index contributed by atoms with van der Waals surface area (Å²) in [6.07, 6.45) is 1.63. The maximum atomic E-state index is 13.0. The molecule has 0 atom stereocenters. The second-order valence-electron chi connectivity index (χ2n) is 8.81. The fourth-order valence-corrected chi connectivity index (χ4v) is 5.55. The Kier molecular flexibility index (Phi) is 9.58. The summed E-state index contributed by atoms with van der Waals surface area (Å²) in [4.78, 5) is 39.5. The first-order valence-corrected chi connectivity index (χ1v) is 14.4. The van der Waals surface area contributed by atoms with Crippen molar-refractivity contribution in [1.82, 2.24) is 4.90 Å². The van der Waals surface area contributed by atoms with Crippen molar-refractivity contribution in [2.24, 2.45) is 0 Å². The van der Waals surface area contributed by atoms with Crippen molar-refractivity contribution in [2.75, 3.05) is 18.5 Å². The fraction of sp³-hybridized carbons (Fsp3) is 0.207. The molecule has 1 heterocycles. The molecule has 4 rings (SSSR count). The molecule has 0 bridgehead atoms. The molecular formula is C29H26ClIN2O5S. The Morgan fingerprint density at radius 2 is 1.82 bits per heavy atom. The monoisotopic (exact) mass is 676 g/mol. The van der Waals surface area contributed by atoms with Crippen LogP contribution in [0.5, 0.6) is 11.5 Å². The summed E-state index contributed by atoms with van der Waals surface area (Å²) in [5, 5.41) is 2.95. The second kappa shape index (κ2) is 12.9. The number of benzene rings is 3. The van der Waals surface area contributed by atoms with E-state index >= 15 is 0 Å². The third-order valence-electron chi connectivity index (χ3n) is 5.77. The molecule has 39 heavy (non-hydrogen) atoms. The van der Waals surface area contributed by atoms with E-state index < -0.39 is 17.1 Å². The molecule has 0 radical (unpaired) electrons. The molecule has 1 aliphatic heterocycles. The number of imide groups is 1. The topological polar surface area (TPSA) is 84.9 Å². The number of thioether (sulfide) groups is 1. The predicted octanol–water partition coefficient (Wildman–Crippen LogP) is 7.21. The van der Waals surface area contributed by atoms with Crippen LogP contribution in [0.4, 0.5) is 10.5 Å². The van der Waals surface area contributed by atoms with Gasteiger partial charge in [-0.15, -0.1) is 0 Å². The van der Waals surface area contributed by atoms with Crippen molar-refractivity contribution < 1.29 is 23.9 Å². The Hall–Kier alpha value is -3.02. The third-order valence-corrected chi connectivity index (χ3v) is 7.73. The van der Waals surface area contributed by atoms with E-state index in [9.17, 15) is 14.4 Å². The molecule has 1 aliphatic rings. The van der Waals surface area contributed by atoms with Crippen molar-refractivity contribution in [3.8, 4) is 11.5 Å². The minimum atomic E-state index is -0.517. The SMILES string of the molecule is CCOc1cc(/C=C2/SC(=O)N(CC(=O)Nc3cc(C)ccc3C)C2=O)cc(I)c1OCc1ccc(Cl)cc1. The molecule has 3 amide bonds. The van der Waals surface area contributed by atoms with Gasteiger partial charge in [0.1, 0.15) is 13.2 Å². The Bertz CT molecular complexity index is 1460. The van der Waals surface area contributed by atoms with Crippen LogP contribution in [0.15, 0.2) is 59.5 Å². The number of hydrogen-bond donors (Lipinski definition) is 1. The van der Waals surface area contributed by atoms with E-state index in [-0.39, 0.29) is 11.4 Å². The van der Waals surface area contributed by atoms with Gasteiger partial charge in [0, 0.05) is 10.7 Å². The van der Waals surface area contributed by atoms with Crippen LogP contribution in [-0.2, 0) is 16.2 Å². The number of halogens is 2. The van der Waals surface area contributed by atoms with E-state index in [1.807, 2.05) is 57.2 Å². The lowest BCUT2D eigenvalue weighted by Gasteiger charge is -2.15. The minimum absolute atomic E-state index is 0.229. The van der Waals surface area contributed by atoms with Gasteiger partial charge in [0.25, 0.3) is 11.1 Å². The lowest BCUT2D eigenvalue weighted by atomic mass is 10.1. The van der Waals surface area contributed by atoms with Gasteiger partial charge in [0.15, 0.2) is 11.5 Å². The van der Waals surface area contributed by atoms with Crippen LogP contribution < -0.4 is 14.8 Å². The summed E-state index contributed by atoms with van der Waals surface area (Å²) in [5.74, 6) is 0.150. The molecule has 0 saturated carbocycles. The highest BCUT2D eigenvalue weighted by molar-refractivity contribution is 14.1. The van der Waals surface area contributed by atoms with Crippen LogP contribution in [0.2, 0.25) is 5.02 Å². The first-order valence-electron chi connectivity index (χ1n) is 12.1. The molecule has 0 aromatic heterocycles. The van der Waals surface area contributed by atoms with E-state index in [0.717, 1.165) is 36.9 Å². The van der Waals surface area contributed by atoms with E-state index in [2.05, 4.69) is 27.9 Å². The zero-order valence-electron chi connectivity index (χ0n) is 21.5. The molecule has 3 aromatic carbocycles. The zero-order valence-corrected chi connectivity index (χ0v) is 25.3. The molecule has 0 unspecified atom stereocenters. The van der Waals surface area contributed by atoms with E-state index in [1.165, 1.54) is 0 Å². The maximum Gasteiger partial charge on any atom is 0.294 e. The smallest absolute Gasteiger partial charge is 0.294 e. The van der Waals surface area contributed by atoms with Gasteiger partial charge >= 0.3 is 0 Å². The molecule has 1 fully saturated rings. The Morgan fingerprint density at radius 1 is 1.08 bits per heavy atom. The lowest BCUT2D eigenvalue weighted by Crippen LogP contribution is -2.36. The first-order chi connectivity index (χ1) is 18.6. The van der Waals surface area contributed by atoms with Crippen LogP contribution in [-0.4, -0.2) is 35.1 Å². The summed E-state index contributed by atoms with van der Waals surface area (Å²) < 4.78 is 12.7. The van der Waals surface area contributed by atoms with Crippen LogP contribution in [0, 0.1) is 17.4 Å². The van der Waals surface area contributed by atoms with E-state index in [1.54, 1.807) is 24.3 Å². The standard InChI is InChI=1S/C29H26ClIN2O5S/c1-4-37-24-13-20(12-22(31)27(24)38-16-19-7-9-21(30)10-8-19)14-25-28(35)33(29(36)39-25)15-26(34)32-23-11-17(2)5-6-18(23)3/h5-14H,4,15-16H2,1-3H3,(H,32,34)/b25-14+. The highest BCUT2D eigenvalue weighted by Gasteiger charge is 2.36. The number of carbonyl (C=O) groups excluding carboxylic acids is 3. The molecule has 3 aromatic rings. The molecule has 10 heteroatoms. The molecular weight excluding hydrogens is 651 g/mol. The third kappa shape index (κ3) is 7.34. The Labute approximate surface area is 250 Å². The van der Waals surface area contributed by atoms with Crippen molar-refractivity contribution in [1.29, 1.82) is 0 Å². The van der Waals surface area contributed by atoms with Crippen molar-refractivity contribution in [3.05, 3.63) is 90.3 Å². The van der Waals surface area contributed by atoms with Crippen LogP contribution in [0.25, 0.3) is 6.08 Å². The summed E-state index contributed by atoms with van der Waals surface area (Å²) in [6.45, 7) is 6.06. The van der Waals surface area contributed by atoms with Gasteiger partial charge in [-0.25, -0.2) is 0 Å². The van der Waals surface area contributed by atoms with Crippen molar-refractivity contribution >= 4 is 74.8 Å². The van der Waals surface area contributed by atoms with Crippen LogP contribution in [0.1, 0.15) is 29.2 Å². The fourth-order valence-electron chi connectivity index (χ4n) is 3.80. The maximum absolute atomic E-state index is 13.0. The normalized spacial score (nSPS) is 14.2. The largest absolute Gasteiger partial charge is 0.490 e. The number of anilines is 1. The number of hydrogen-bond acceptors (Lipinski definition) is 6. The van der Waals surface area contributed by atoms with Gasteiger partial charge in [-0.2, -0.15) is 0 Å². The zero-order chi connectivity index (χ0) is 28.1. The van der Waals surface area contributed by atoms with Gasteiger partial charge in [0.05, 0.1) is 15.1 Å². The number of nitrogens with one attached hydrogen (secondary N) is 1. The Balaban J connectivity index is 1.49. The second-order valence-corrected chi connectivity index (χ2v) is 11.4. The van der Waals surface area contributed by atoms with Gasteiger partial charge in [-0.05, 0) is 114 Å². The molecule has 7 nitrogen and oxygen atoms in total. The van der Waals surface area contributed by atoms with Gasteiger partial charge in [-0.3, -0.25) is 19.3 Å². The van der Waals surface area contributed by atoms with Gasteiger partial charge in [0.2, 0.25) is 5.91 Å². The van der Waals surface area contributed by atoms with E-state index in [4.69, 9.17) is 21.1 Å². The number of aryl methyl sites for hydroxylation is 2. The Morgan fingerprint density at radius 3 is 2.54 bits per heavy atom. The summed E-state index contributed by atoms with van der Waals surface area (Å²) in [6, 6.07) is 16.7. The average Bonchev–Trinajstić information content (AvgIpc) is 3.14. The molecule has 1 N–H and O–H groups in total. The highest BCUT2D eigenvalue weighted by Crippen LogP contribution is 2.38. The van der Waals surface area contributed by atoms with Crippen molar-refractivity contribution in [2.45, 2.75) is 27.4 Å². The van der Waals surface area contributed by atoms with Gasteiger partial charge in [-0.1, -0.05) is 35.9 Å². The molecule has 0 aliphatic carbocycles. The molecule has 202 valence electrons. The summed E-state index contributed by atoms with van der Waals surface area (Å²) >= 11 is 8.92. The predicted molar refractivity (Wildman–Crippen MR) is 163 cm³/mol. The number of amides is 3. The number of ether oxygens (including phenoxy) is 2. The average molecular weight is 677 g/mol. The number of nitrogens with zero attached hydrogens (tertiary/aromatic N) is 1. The van der Waals surface area contributed by atoms with E-state index in [0.29, 0.717) is 41.0 Å². The van der Waals surface area contributed by atoms with Gasteiger partial charge < -0.3 is 14.8 Å². The minimum Gasteiger partial charge on any atom is -0.490 e. The van der Waals surface area contributed by atoms with Crippen LogP contribution >= 0.6 is 46.0 Å². The van der Waals surface area contributed by atoms with Crippen molar-refractivity contribution in [3.63, 3.8) is 0 Å². The summed E-state index contributed by atoms with van der Waals surface area (Å²) in [5.41, 5.74) is 4.17. The molecule has 0 spiro atoms. The highest BCUT2D eigenvalue weighted by atomic mass is 127. The van der Waals surface area contributed by atoms with Crippen LogP contribution in [0.3, 0.4) is 0 Å².